The first kappa shape index (κ1) is 9.46. The Balaban J connectivity index is 2.26. The molecule has 0 aliphatic carbocycles. The van der Waals surface area contributed by atoms with Gasteiger partial charge in [-0.05, 0) is 30.4 Å². The maximum Gasteiger partial charge on any atom is 0.168 e. The van der Waals surface area contributed by atoms with Crippen molar-refractivity contribution in [1.29, 1.82) is 0 Å². The standard InChI is InChI=1S/C11H13FO2/c12-11-9(2-1-3-10(11)13)8-4-6-14-7-5-8/h1-3,8,13H,4-7H2. The number of hydrogen-bond donors (Lipinski definition) is 1. The molecule has 1 aromatic carbocycles. The lowest BCUT2D eigenvalue weighted by atomic mass is 9.91. The van der Waals surface area contributed by atoms with Gasteiger partial charge in [-0.1, -0.05) is 12.1 Å². The van der Waals surface area contributed by atoms with Crippen LogP contribution in [0.1, 0.15) is 24.3 Å². The minimum Gasteiger partial charge on any atom is -0.505 e. The second-order valence-corrected chi connectivity index (χ2v) is 3.57. The summed E-state index contributed by atoms with van der Waals surface area (Å²) in [5.74, 6) is -0.538. The van der Waals surface area contributed by atoms with E-state index in [9.17, 15) is 9.50 Å². The average Bonchev–Trinajstić information content (AvgIpc) is 2.23. The maximum atomic E-state index is 13.5. The van der Waals surface area contributed by atoms with Crippen LogP contribution in [-0.4, -0.2) is 18.3 Å². The number of hydrogen-bond acceptors (Lipinski definition) is 2. The van der Waals surface area contributed by atoms with E-state index in [0.29, 0.717) is 18.8 Å². The highest BCUT2D eigenvalue weighted by atomic mass is 19.1. The molecule has 0 radical (unpaired) electrons. The molecule has 1 aliphatic heterocycles. The van der Waals surface area contributed by atoms with Crippen molar-refractivity contribution in [1.82, 2.24) is 0 Å². The number of aromatic hydroxyl groups is 1. The van der Waals surface area contributed by atoms with E-state index in [1.807, 2.05) is 0 Å². The molecule has 2 rings (SSSR count). The third-order valence-electron chi connectivity index (χ3n) is 2.67. The van der Waals surface area contributed by atoms with Crippen LogP contribution in [0.25, 0.3) is 0 Å². The van der Waals surface area contributed by atoms with Gasteiger partial charge in [0.1, 0.15) is 0 Å². The number of phenolic OH excluding ortho intramolecular Hbond substituents is 1. The average molecular weight is 196 g/mol. The van der Waals surface area contributed by atoms with Crippen molar-refractivity contribution in [3.8, 4) is 5.75 Å². The highest BCUT2D eigenvalue weighted by molar-refractivity contribution is 5.32. The fraction of sp³-hybridized carbons (Fsp3) is 0.455. The van der Waals surface area contributed by atoms with Crippen LogP contribution in [0.4, 0.5) is 4.39 Å². The van der Waals surface area contributed by atoms with E-state index in [4.69, 9.17) is 4.74 Å². The van der Waals surface area contributed by atoms with Crippen LogP contribution in [0.2, 0.25) is 0 Å². The number of phenols is 1. The fourth-order valence-electron chi connectivity index (χ4n) is 1.86. The van der Waals surface area contributed by atoms with E-state index in [-0.39, 0.29) is 11.7 Å². The summed E-state index contributed by atoms with van der Waals surface area (Å²) in [7, 11) is 0. The van der Waals surface area contributed by atoms with Crippen molar-refractivity contribution in [2.75, 3.05) is 13.2 Å². The molecule has 0 aromatic heterocycles. The molecule has 1 heterocycles. The Hall–Kier alpha value is -1.09. The predicted molar refractivity (Wildman–Crippen MR) is 50.9 cm³/mol. The van der Waals surface area contributed by atoms with E-state index >= 15 is 0 Å². The zero-order chi connectivity index (χ0) is 9.97. The van der Waals surface area contributed by atoms with Crippen molar-refractivity contribution in [2.45, 2.75) is 18.8 Å². The Bertz CT molecular complexity index is 319. The Morgan fingerprint density at radius 3 is 2.71 bits per heavy atom. The Labute approximate surface area is 82.3 Å². The summed E-state index contributed by atoms with van der Waals surface area (Å²) in [4.78, 5) is 0. The molecule has 1 fully saturated rings. The third kappa shape index (κ3) is 1.73. The van der Waals surface area contributed by atoms with Crippen LogP contribution in [-0.2, 0) is 4.74 Å². The molecule has 2 nitrogen and oxygen atoms in total. The predicted octanol–water partition coefficient (Wildman–Crippen LogP) is 2.43. The third-order valence-corrected chi connectivity index (χ3v) is 2.67. The molecule has 0 spiro atoms. The topological polar surface area (TPSA) is 29.5 Å². The summed E-state index contributed by atoms with van der Waals surface area (Å²) < 4.78 is 18.7. The molecule has 3 heteroatoms. The van der Waals surface area contributed by atoms with Gasteiger partial charge in [0, 0.05) is 13.2 Å². The molecule has 0 unspecified atom stereocenters. The number of halogens is 1. The molecule has 1 aromatic rings. The molecule has 0 saturated carbocycles. The lowest BCUT2D eigenvalue weighted by molar-refractivity contribution is 0.0845. The first-order chi connectivity index (χ1) is 6.79. The van der Waals surface area contributed by atoms with Crippen LogP contribution in [0.15, 0.2) is 18.2 Å². The Kier molecular flexibility index (Phi) is 2.68. The van der Waals surface area contributed by atoms with Gasteiger partial charge in [-0.15, -0.1) is 0 Å². The van der Waals surface area contributed by atoms with Gasteiger partial charge >= 0.3 is 0 Å². The normalized spacial score (nSPS) is 18.4. The van der Waals surface area contributed by atoms with Gasteiger partial charge in [-0.3, -0.25) is 0 Å². The maximum absolute atomic E-state index is 13.5. The highest BCUT2D eigenvalue weighted by Gasteiger charge is 2.20. The summed E-state index contributed by atoms with van der Waals surface area (Å²) in [6.07, 6.45) is 1.67. The molecular formula is C11H13FO2. The van der Waals surface area contributed by atoms with Crippen LogP contribution in [0, 0.1) is 5.82 Å². The molecule has 1 N–H and O–H groups in total. The molecule has 0 bridgehead atoms. The molecular weight excluding hydrogens is 183 g/mol. The molecule has 0 amide bonds. The second kappa shape index (κ2) is 3.96. The van der Waals surface area contributed by atoms with E-state index in [0.717, 1.165) is 12.8 Å². The van der Waals surface area contributed by atoms with E-state index in [2.05, 4.69) is 0 Å². The molecule has 76 valence electrons. The Morgan fingerprint density at radius 1 is 1.29 bits per heavy atom. The minimum atomic E-state index is -0.473. The second-order valence-electron chi connectivity index (χ2n) is 3.57. The number of ether oxygens (including phenoxy) is 1. The van der Waals surface area contributed by atoms with Crippen molar-refractivity contribution < 1.29 is 14.2 Å². The number of benzene rings is 1. The van der Waals surface area contributed by atoms with E-state index in [1.54, 1.807) is 12.1 Å². The molecule has 1 saturated heterocycles. The van der Waals surface area contributed by atoms with E-state index < -0.39 is 5.82 Å². The zero-order valence-electron chi connectivity index (χ0n) is 7.87. The largest absolute Gasteiger partial charge is 0.505 e. The van der Waals surface area contributed by atoms with Gasteiger partial charge in [0.15, 0.2) is 11.6 Å². The van der Waals surface area contributed by atoms with E-state index in [1.165, 1.54) is 6.07 Å². The van der Waals surface area contributed by atoms with Gasteiger partial charge in [-0.2, -0.15) is 0 Å². The molecule has 0 atom stereocenters. The quantitative estimate of drug-likeness (QED) is 0.747. The van der Waals surface area contributed by atoms with Crippen LogP contribution in [0.5, 0.6) is 5.75 Å². The smallest absolute Gasteiger partial charge is 0.168 e. The number of rotatable bonds is 1. The molecule has 14 heavy (non-hydrogen) atoms. The lowest BCUT2D eigenvalue weighted by Gasteiger charge is -2.22. The van der Waals surface area contributed by atoms with Gasteiger partial charge in [-0.25, -0.2) is 4.39 Å². The lowest BCUT2D eigenvalue weighted by Crippen LogP contribution is -2.15. The van der Waals surface area contributed by atoms with Crippen LogP contribution >= 0.6 is 0 Å². The monoisotopic (exact) mass is 196 g/mol. The summed E-state index contributed by atoms with van der Waals surface area (Å²) in [6, 6.07) is 4.80. The highest BCUT2D eigenvalue weighted by Crippen LogP contribution is 2.31. The zero-order valence-corrected chi connectivity index (χ0v) is 7.87. The van der Waals surface area contributed by atoms with Crippen molar-refractivity contribution >= 4 is 0 Å². The van der Waals surface area contributed by atoms with Crippen LogP contribution < -0.4 is 0 Å². The van der Waals surface area contributed by atoms with Gasteiger partial charge in [0.2, 0.25) is 0 Å². The first-order valence-corrected chi connectivity index (χ1v) is 4.84. The first-order valence-electron chi connectivity index (χ1n) is 4.84. The van der Waals surface area contributed by atoms with Gasteiger partial charge < -0.3 is 9.84 Å². The van der Waals surface area contributed by atoms with Gasteiger partial charge in [0.05, 0.1) is 0 Å². The summed E-state index contributed by atoms with van der Waals surface area (Å²) in [5.41, 5.74) is 0.619. The SMILES string of the molecule is Oc1cccc(C2CCOCC2)c1F. The Morgan fingerprint density at radius 2 is 2.00 bits per heavy atom. The molecule has 1 aliphatic rings. The summed E-state index contributed by atoms with van der Waals surface area (Å²) >= 11 is 0. The summed E-state index contributed by atoms with van der Waals surface area (Å²) in [5, 5.41) is 9.22. The van der Waals surface area contributed by atoms with Crippen LogP contribution in [0.3, 0.4) is 0 Å². The fourth-order valence-corrected chi connectivity index (χ4v) is 1.86. The van der Waals surface area contributed by atoms with Crippen molar-refractivity contribution in [3.63, 3.8) is 0 Å². The summed E-state index contributed by atoms with van der Waals surface area (Å²) in [6.45, 7) is 1.36. The minimum absolute atomic E-state index is 0.191. The van der Waals surface area contributed by atoms with Crippen molar-refractivity contribution in [3.05, 3.63) is 29.6 Å². The van der Waals surface area contributed by atoms with Gasteiger partial charge in [0.25, 0.3) is 0 Å². The van der Waals surface area contributed by atoms with Crippen molar-refractivity contribution in [2.24, 2.45) is 0 Å².